The second-order valence-electron chi connectivity index (χ2n) is 5.04. The highest BCUT2D eigenvalue weighted by Gasteiger charge is 2.35. The lowest BCUT2D eigenvalue weighted by atomic mass is 9.88. The molecule has 0 saturated carbocycles. The third-order valence-electron chi connectivity index (χ3n) is 3.76. The van der Waals surface area contributed by atoms with Gasteiger partial charge in [0, 0.05) is 29.3 Å². The average Bonchev–Trinajstić information content (AvgIpc) is 2.38. The summed E-state index contributed by atoms with van der Waals surface area (Å²) in [5.74, 6) is -0.103. The summed E-state index contributed by atoms with van der Waals surface area (Å²) >= 11 is 3.49. The number of likely N-dealkylation sites (tertiary alicyclic amines) is 1. The van der Waals surface area contributed by atoms with E-state index in [0.29, 0.717) is 12.8 Å². The number of benzene rings is 1. The van der Waals surface area contributed by atoms with Crippen LogP contribution < -0.4 is 0 Å². The Morgan fingerprint density at radius 2 is 1.84 bits per heavy atom. The van der Waals surface area contributed by atoms with Gasteiger partial charge in [-0.05, 0) is 25.0 Å². The predicted octanol–water partition coefficient (Wildman–Crippen LogP) is 3.48. The van der Waals surface area contributed by atoms with Gasteiger partial charge < -0.3 is 0 Å². The fraction of sp³-hybridized carbons (Fsp3) is 0.467. The largest absolute Gasteiger partial charge is 0.280 e. The SMILES string of the molecule is CCC(C)N1C(=O)CC(c2ccccc2Br)CC1=O. The van der Waals surface area contributed by atoms with Gasteiger partial charge in [-0.2, -0.15) is 0 Å². The number of hydrogen-bond donors (Lipinski definition) is 0. The molecule has 1 unspecified atom stereocenters. The van der Waals surface area contributed by atoms with Gasteiger partial charge in [-0.15, -0.1) is 0 Å². The monoisotopic (exact) mass is 323 g/mol. The van der Waals surface area contributed by atoms with Crippen LogP contribution in [0.25, 0.3) is 0 Å². The number of carbonyl (C=O) groups is 2. The summed E-state index contributed by atoms with van der Waals surface area (Å²) in [5.41, 5.74) is 1.05. The fourth-order valence-electron chi connectivity index (χ4n) is 2.53. The van der Waals surface area contributed by atoms with Gasteiger partial charge >= 0.3 is 0 Å². The zero-order valence-corrected chi connectivity index (χ0v) is 12.8. The van der Waals surface area contributed by atoms with E-state index in [1.165, 1.54) is 4.90 Å². The Labute approximate surface area is 122 Å². The highest BCUT2D eigenvalue weighted by Crippen LogP contribution is 2.34. The van der Waals surface area contributed by atoms with Crippen LogP contribution in [0.4, 0.5) is 0 Å². The van der Waals surface area contributed by atoms with Crippen LogP contribution in [0, 0.1) is 0 Å². The quantitative estimate of drug-likeness (QED) is 0.798. The summed E-state index contributed by atoms with van der Waals surface area (Å²) in [4.78, 5) is 25.8. The first-order valence-corrected chi connectivity index (χ1v) is 7.43. The van der Waals surface area contributed by atoms with Crippen molar-refractivity contribution in [3.63, 3.8) is 0 Å². The minimum atomic E-state index is -0.0497. The molecule has 1 aliphatic heterocycles. The maximum atomic E-state index is 12.2. The first-order valence-electron chi connectivity index (χ1n) is 6.63. The van der Waals surface area contributed by atoms with E-state index in [0.717, 1.165) is 16.5 Å². The third kappa shape index (κ3) is 2.89. The van der Waals surface area contributed by atoms with Crippen LogP contribution >= 0.6 is 15.9 Å². The predicted molar refractivity (Wildman–Crippen MR) is 77.7 cm³/mol. The molecule has 102 valence electrons. The molecule has 0 aromatic heterocycles. The molecule has 0 N–H and O–H groups in total. The highest BCUT2D eigenvalue weighted by atomic mass is 79.9. The van der Waals surface area contributed by atoms with Crippen LogP contribution in [-0.2, 0) is 9.59 Å². The summed E-state index contributed by atoms with van der Waals surface area (Å²) in [7, 11) is 0. The summed E-state index contributed by atoms with van der Waals surface area (Å²) in [5, 5.41) is 0. The molecule has 0 aliphatic carbocycles. The minimum Gasteiger partial charge on any atom is -0.280 e. The Hall–Kier alpha value is -1.16. The van der Waals surface area contributed by atoms with Gasteiger partial charge in [0.25, 0.3) is 0 Å². The lowest BCUT2D eigenvalue weighted by molar-refractivity contribution is -0.151. The van der Waals surface area contributed by atoms with E-state index in [2.05, 4.69) is 15.9 Å². The number of imide groups is 1. The van der Waals surface area contributed by atoms with E-state index in [1.54, 1.807) is 0 Å². The Morgan fingerprint density at radius 3 is 2.37 bits per heavy atom. The molecule has 4 heteroatoms. The molecule has 19 heavy (non-hydrogen) atoms. The number of hydrogen-bond acceptors (Lipinski definition) is 2. The molecule has 0 bridgehead atoms. The summed E-state index contributed by atoms with van der Waals surface area (Å²) < 4.78 is 0.970. The molecule has 1 atom stereocenters. The molecule has 0 radical (unpaired) electrons. The van der Waals surface area contributed by atoms with Gasteiger partial charge in [-0.3, -0.25) is 14.5 Å². The molecular weight excluding hydrogens is 306 g/mol. The maximum Gasteiger partial charge on any atom is 0.230 e. The van der Waals surface area contributed by atoms with Gasteiger partial charge in [-0.25, -0.2) is 0 Å². The van der Waals surface area contributed by atoms with E-state index in [9.17, 15) is 9.59 Å². The summed E-state index contributed by atoms with van der Waals surface area (Å²) in [6.07, 6.45) is 1.63. The van der Waals surface area contributed by atoms with Crippen molar-refractivity contribution in [1.82, 2.24) is 4.90 Å². The zero-order chi connectivity index (χ0) is 14.0. The number of amides is 2. The average molecular weight is 324 g/mol. The third-order valence-corrected chi connectivity index (χ3v) is 4.48. The second-order valence-corrected chi connectivity index (χ2v) is 5.90. The molecule has 2 rings (SSSR count). The molecule has 1 aliphatic rings. The van der Waals surface area contributed by atoms with Gasteiger partial charge in [0.2, 0.25) is 11.8 Å². The van der Waals surface area contributed by atoms with Gasteiger partial charge in [0.1, 0.15) is 0 Å². The molecule has 2 amide bonds. The van der Waals surface area contributed by atoms with Crippen molar-refractivity contribution < 1.29 is 9.59 Å². The molecular formula is C15H18BrNO2. The fourth-order valence-corrected chi connectivity index (χ4v) is 3.14. The van der Waals surface area contributed by atoms with E-state index >= 15 is 0 Å². The van der Waals surface area contributed by atoms with Crippen molar-refractivity contribution in [1.29, 1.82) is 0 Å². The van der Waals surface area contributed by atoms with E-state index in [4.69, 9.17) is 0 Å². The van der Waals surface area contributed by atoms with Crippen LogP contribution in [0.5, 0.6) is 0 Å². The Balaban J connectivity index is 2.21. The Bertz CT molecular complexity index is 483. The Morgan fingerprint density at radius 1 is 1.26 bits per heavy atom. The molecule has 3 nitrogen and oxygen atoms in total. The number of piperidine rings is 1. The number of carbonyl (C=O) groups excluding carboxylic acids is 2. The lowest BCUT2D eigenvalue weighted by Crippen LogP contribution is -2.47. The van der Waals surface area contributed by atoms with Crippen molar-refractivity contribution in [2.45, 2.75) is 45.1 Å². The summed E-state index contributed by atoms with van der Waals surface area (Å²) in [6, 6.07) is 7.81. The zero-order valence-electron chi connectivity index (χ0n) is 11.2. The van der Waals surface area contributed by atoms with Gasteiger partial charge in [0.05, 0.1) is 0 Å². The molecule has 1 saturated heterocycles. The standard InChI is InChI=1S/C15H18BrNO2/c1-3-10(2)17-14(18)8-11(9-15(17)19)12-6-4-5-7-13(12)16/h4-7,10-11H,3,8-9H2,1-2H3. The van der Waals surface area contributed by atoms with Crippen LogP contribution in [-0.4, -0.2) is 22.8 Å². The summed E-state index contributed by atoms with van der Waals surface area (Å²) in [6.45, 7) is 3.92. The molecule has 0 spiro atoms. The molecule has 1 fully saturated rings. The highest BCUT2D eigenvalue weighted by molar-refractivity contribution is 9.10. The van der Waals surface area contributed by atoms with Crippen LogP contribution in [0.1, 0.15) is 44.6 Å². The van der Waals surface area contributed by atoms with Crippen LogP contribution in [0.15, 0.2) is 28.7 Å². The van der Waals surface area contributed by atoms with Crippen molar-refractivity contribution >= 4 is 27.7 Å². The number of nitrogens with zero attached hydrogens (tertiary/aromatic N) is 1. The molecule has 1 aromatic carbocycles. The molecule has 1 aromatic rings. The minimum absolute atomic E-state index is 0.000152. The van der Waals surface area contributed by atoms with Crippen molar-refractivity contribution in [2.24, 2.45) is 0 Å². The lowest BCUT2D eigenvalue weighted by Gasteiger charge is -2.34. The number of halogens is 1. The first kappa shape index (κ1) is 14.3. The number of rotatable bonds is 3. The van der Waals surface area contributed by atoms with E-state index in [1.807, 2.05) is 38.1 Å². The van der Waals surface area contributed by atoms with Crippen LogP contribution in [0.3, 0.4) is 0 Å². The van der Waals surface area contributed by atoms with E-state index < -0.39 is 0 Å². The van der Waals surface area contributed by atoms with Gasteiger partial charge in [0.15, 0.2) is 0 Å². The second kappa shape index (κ2) is 5.87. The van der Waals surface area contributed by atoms with Crippen molar-refractivity contribution in [3.8, 4) is 0 Å². The smallest absolute Gasteiger partial charge is 0.230 e. The van der Waals surface area contributed by atoms with Crippen molar-refractivity contribution in [3.05, 3.63) is 34.3 Å². The first-order chi connectivity index (χ1) is 9.04. The van der Waals surface area contributed by atoms with Crippen LogP contribution in [0.2, 0.25) is 0 Å². The maximum absolute atomic E-state index is 12.2. The Kier molecular flexibility index (Phi) is 4.40. The normalized spacial score (nSPS) is 18.8. The van der Waals surface area contributed by atoms with E-state index in [-0.39, 0.29) is 23.8 Å². The molecule has 1 heterocycles. The topological polar surface area (TPSA) is 37.4 Å². The van der Waals surface area contributed by atoms with Gasteiger partial charge in [-0.1, -0.05) is 41.1 Å². The van der Waals surface area contributed by atoms with Crippen molar-refractivity contribution in [2.75, 3.05) is 0 Å².